The second kappa shape index (κ2) is 9.17. The normalized spacial score (nSPS) is 10.1. The van der Waals surface area contributed by atoms with Crippen molar-refractivity contribution in [3.63, 3.8) is 0 Å². The highest BCUT2D eigenvalue weighted by atomic mass is 16.5. The van der Waals surface area contributed by atoms with Gasteiger partial charge in [-0.2, -0.15) is 0 Å². The van der Waals surface area contributed by atoms with Crippen LogP contribution in [0, 0.1) is 18.8 Å². The van der Waals surface area contributed by atoms with Crippen LogP contribution in [0.25, 0.3) is 0 Å². The van der Waals surface area contributed by atoms with Gasteiger partial charge in [0.15, 0.2) is 0 Å². The van der Waals surface area contributed by atoms with Crippen LogP contribution in [-0.2, 0) is 4.74 Å². The first-order valence-electron chi connectivity index (χ1n) is 7.14. The van der Waals surface area contributed by atoms with Gasteiger partial charge in [-0.05, 0) is 44.5 Å². The molecular weight excluding hydrogens is 266 g/mol. The van der Waals surface area contributed by atoms with Crippen LogP contribution in [0.1, 0.15) is 41.8 Å². The lowest BCUT2D eigenvalue weighted by Gasteiger charge is -2.09. The Bertz CT molecular complexity index is 527. The molecule has 1 aromatic carbocycles. The number of carbonyl (C=O) groups excluding carboxylic acids is 1. The number of rotatable bonds is 6. The van der Waals surface area contributed by atoms with Crippen LogP contribution < -0.4 is 5.32 Å². The lowest BCUT2D eigenvalue weighted by molar-refractivity contribution is 0.0746. The third kappa shape index (κ3) is 6.94. The summed E-state index contributed by atoms with van der Waals surface area (Å²) in [6.45, 7) is 6.87. The highest BCUT2D eigenvalue weighted by Gasteiger charge is 2.06. The fourth-order valence-electron chi connectivity index (χ4n) is 1.77. The van der Waals surface area contributed by atoms with E-state index in [1.165, 1.54) is 0 Å². The molecule has 0 heterocycles. The third-order valence-corrected chi connectivity index (χ3v) is 2.65. The number of aliphatic hydroxyl groups is 1. The molecule has 114 valence electrons. The number of amides is 1. The minimum atomic E-state index is -0.128. The third-order valence-electron chi connectivity index (χ3n) is 2.65. The Hall–Kier alpha value is -1.83. The molecule has 0 spiro atoms. The van der Waals surface area contributed by atoms with Gasteiger partial charge in [0.1, 0.15) is 0 Å². The molecule has 0 saturated heterocycles. The molecule has 0 aliphatic carbocycles. The van der Waals surface area contributed by atoms with E-state index < -0.39 is 0 Å². The van der Waals surface area contributed by atoms with Crippen molar-refractivity contribution >= 4 is 5.91 Å². The zero-order valence-corrected chi connectivity index (χ0v) is 12.9. The van der Waals surface area contributed by atoms with E-state index in [0.29, 0.717) is 25.1 Å². The largest absolute Gasteiger partial charge is 0.395 e. The topological polar surface area (TPSA) is 58.6 Å². The SMILES string of the molecule is Cc1cc(C#CCCO)cc(C(=O)NCCOC(C)C)c1. The molecule has 1 amide bonds. The average Bonchev–Trinajstić information content (AvgIpc) is 2.43. The van der Waals surface area contributed by atoms with Gasteiger partial charge in [-0.25, -0.2) is 0 Å². The van der Waals surface area contributed by atoms with Gasteiger partial charge >= 0.3 is 0 Å². The zero-order valence-electron chi connectivity index (χ0n) is 12.9. The molecule has 0 aromatic heterocycles. The summed E-state index contributed by atoms with van der Waals surface area (Å²) in [5.41, 5.74) is 2.36. The standard InChI is InChI=1S/C17H23NO3/c1-13(2)21-9-7-18-17(20)16-11-14(3)10-15(12-16)6-4-5-8-19/h10-13,19H,5,7-9H2,1-3H3,(H,18,20). The van der Waals surface area contributed by atoms with E-state index in [2.05, 4.69) is 17.2 Å². The molecule has 0 atom stereocenters. The maximum Gasteiger partial charge on any atom is 0.251 e. The number of hydrogen-bond acceptors (Lipinski definition) is 3. The van der Waals surface area contributed by atoms with E-state index >= 15 is 0 Å². The molecule has 1 rings (SSSR count). The first-order valence-corrected chi connectivity index (χ1v) is 7.14. The van der Waals surface area contributed by atoms with Crippen molar-refractivity contribution in [1.29, 1.82) is 0 Å². The summed E-state index contributed by atoms with van der Waals surface area (Å²) in [6.07, 6.45) is 0.594. The minimum absolute atomic E-state index is 0.0437. The summed E-state index contributed by atoms with van der Waals surface area (Å²) >= 11 is 0. The summed E-state index contributed by atoms with van der Waals surface area (Å²) in [7, 11) is 0. The lowest BCUT2D eigenvalue weighted by atomic mass is 10.1. The van der Waals surface area contributed by atoms with Gasteiger partial charge in [-0.1, -0.05) is 11.8 Å². The van der Waals surface area contributed by atoms with Crippen molar-refractivity contribution < 1.29 is 14.6 Å². The molecule has 0 unspecified atom stereocenters. The number of aliphatic hydroxyl groups excluding tert-OH is 1. The highest BCUT2D eigenvalue weighted by molar-refractivity contribution is 5.94. The molecule has 0 saturated carbocycles. The molecule has 2 N–H and O–H groups in total. The number of nitrogens with one attached hydrogen (secondary N) is 1. The number of hydrogen-bond donors (Lipinski definition) is 2. The van der Waals surface area contributed by atoms with E-state index in [0.717, 1.165) is 11.1 Å². The van der Waals surface area contributed by atoms with E-state index in [4.69, 9.17) is 9.84 Å². The molecule has 0 bridgehead atoms. The number of benzene rings is 1. The van der Waals surface area contributed by atoms with Gasteiger partial charge in [-0.3, -0.25) is 4.79 Å². The summed E-state index contributed by atoms with van der Waals surface area (Å²) < 4.78 is 5.38. The first-order chi connectivity index (χ1) is 10.0. The Kier molecular flexibility index (Phi) is 7.52. The van der Waals surface area contributed by atoms with Crippen LogP contribution in [0.2, 0.25) is 0 Å². The van der Waals surface area contributed by atoms with Crippen molar-refractivity contribution in [1.82, 2.24) is 5.32 Å². The number of carbonyl (C=O) groups is 1. The van der Waals surface area contributed by atoms with Crippen LogP contribution in [0.5, 0.6) is 0 Å². The molecule has 4 heteroatoms. The average molecular weight is 289 g/mol. The quantitative estimate of drug-likeness (QED) is 0.621. The Morgan fingerprint density at radius 3 is 2.81 bits per heavy atom. The van der Waals surface area contributed by atoms with Crippen molar-refractivity contribution in [2.24, 2.45) is 0 Å². The molecule has 1 aromatic rings. The zero-order chi connectivity index (χ0) is 15.7. The van der Waals surface area contributed by atoms with Crippen molar-refractivity contribution in [2.45, 2.75) is 33.3 Å². The minimum Gasteiger partial charge on any atom is -0.395 e. The first kappa shape index (κ1) is 17.2. The van der Waals surface area contributed by atoms with Crippen LogP contribution in [0.4, 0.5) is 0 Å². The predicted octanol–water partition coefficient (Wildman–Crippen LogP) is 1.88. The fourth-order valence-corrected chi connectivity index (χ4v) is 1.77. The second-order valence-corrected chi connectivity index (χ2v) is 5.04. The van der Waals surface area contributed by atoms with Gasteiger partial charge < -0.3 is 15.2 Å². The van der Waals surface area contributed by atoms with Gasteiger partial charge in [0.25, 0.3) is 5.91 Å². The Morgan fingerprint density at radius 1 is 1.38 bits per heavy atom. The predicted molar refractivity (Wildman–Crippen MR) is 83.2 cm³/mol. The summed E-state index contributed by atoms with van der Waals surface area (Å²) in [4.78, 5) is 12.1. The Labute approximate surface area is 126 Å². The van der Waals surface area contributed by atoms with Crippen LogP contribution in [-0.4, -0.2) is 36.9 Å². The van der Waals surface area contributed by atoms with Crippen molar-refractivity contribution in [3.8, 4) is 11.8 Å². The molecule has 0 fully saturated rings. The maximum absolute atomic E-state index is 12.1. The smallest absolute Gasteiger partial charge is 0.251 e. The lowest BCUT2D eigenvalue weighted by Crippen LogP contribution is -2.28. The molecule has 21 heavy (non-hydrogen) atoms. The maximum atomic E-state index is 12.1. The van der Waals surface area contributed by atoms with Gasteiger partial charge in [0.05, 0.1) is 19.3 Å². The highest BCUT2D eigenvalue weighted by Crippen LogP contribution is 2.09. The van der Waals surface area contributed by atoms with Crippen LogP contribution >= 0.6 is 0 Å². The molecule has 0 aliphatic heterocycles. The van der Waals surface area contributed by atoms with E-state index in [1.54, 1.807) is 6.07 Å². The van der Waals surface area contributed by atoms with Crippen molar-refractivity contribution in [2.75, 3.05) is 19.8 Å². The fraction of sp³-hybridized carbons (Fsp3) is 0.471. The van der Waals surface area contributed by atoms with E-state index in [1.807, 2.05) is 32.9 Å². The van der Waals surface area contributed by atoms with Crippen molar-refractivity contribution in [3.05, 3.63) is 34.9 Å². The molecule has 4 nitrogen and oxygen atoms in total. The summed E-state index contributed by atoms with van der Waals surface area (Å²) in [6, 6.07) is 5.51. The number of aryl methyl sites for hydroxylation is 1. The van der Waals surface area contributed by atoms with Gasteiger partial charge in [0, 0.05) is 24.1 Å². The molecule has 0 radical (unpaired) electrons. The summed E-state index contributed by atoms with van der Waals surface area (Å²) in [5.74, 6) is 5.68. The van der Waals surface area contributed by atoms with Gasteiger partial charge in [0.2, 0.25) is 0 Å². The summed E-state index contributed by atoms with van der Waals surface area (Å²) in [5, 5.41) is 11.5. The van der Waals surface area contributed by atoms with Gasteiger partial charge in [-0.15, -0.1) is 0 Å². The van der Waals surface area contributed by atoms with Crippen LogP contribution in [0.15, 0.2) is 18.2 Å². The van der Waals surface area contributed by atoms with E-state index in [-0.39, 0.29) is 18.6 Å². The Balaban J connectivity index is 2.65. The number of ether oxygens (including phenoxy) is 1. The molecular formula is C17H23NO3. The van der Waals surface area contributed by atoms with E-state index in [9.17, 15) is 4.79 Å². The van der Waals surface area contributed by atoms with Crippen LogP contribution in [0.3, 0.4) is 0 Å². The second-order valence-electron chi connectivity index (χ2n) is 5.04. The Morgan fingerprint density at radius 2 is 2.14 bits per heavy atom. The molecule has 0 aliphatic rings. The monoisotopic (exact) mass is 289 g/mol.